The number of hydrogen-bond acceptors (Lipinski definition) is 5. The maximum absolute atomic E-state index is 12.5. The van der Waals surface area contributed by atoms with Crippen LogP contribution in [0.3, 0.4) is 0 Å². The molecule has 0 saturated carbocycles. The van der Waals surface area contributed by atoms with Crippen LogP contribution < -0.4 is 20.1 Å². The normalized spacial score (nSPS) is 10.5. The molecule has 0 bridgehead atoms. The third kappa shape index (κ3) is 6.31. The highest BCUT2D eigenvalue weighted by Gasteiger charge is 2.11. The maximum atomic E-state index is 12.5. The molecule has 174 valence electrons. The number of hydrogen-bond donors (Lipinski definition) is 2. The summed E-state index contributed by atoms with van der Waals surface area (Å²) in [5.74, 6) is 1.20. The van der Waals surface area contributed by atoms with Crippen LogP contribution in [0.5, 0.6) is 11.5 Å². The molecule has 1 heterocycles. The zero-order valence-corrected chi connectivity index (χ0v) is 20.3. The zero-order valence-electron chi connectivity index (χ0n) is 18.7. The van der Waals surface area contributed by atoms with Crippen LogP contribution in [-0.2, 0) is 13.2 Å². The molecule has 0 radical (unpaired) electrons. The molecule has 2 N–H and O–H groups in total. The van der Waals surface area contributed by atoms with Gasteiger partial charge < -0.3 is 20.1 Å². The van der Waals surface area contributed by atoms with E-state index in [1.54, 1.807) is 35.6 Å². The van der Waals surface area contributed by atoms with Gasteiger partial charge in [-0.1, -0.05) is 41.9 Å². The number of carbonyl (C=O) groups is 1. The summed E-state index contributed by atoms with van der Waals surface area (Å²) >= 11 is 7.80. The third-order valence-electron chi connectivity index (χ3n) is 4.99. The van der Waals surface area contributed by atoms with E-state index in [1.807, 2.05) is 66.9 Å². The number of thiophene rings is 1. The highest BCUT2D eigenvalue weighted by atomic mass is 35.5. The van der Waals surface area contributed by atoms with Gasteiger partial charge in [-0.05, 0) is 66.4 Å². The van der Waals surface area contributed by atoms with Gasteiger partial charge >= 0.3 is 0 Å². The molecule has 1 amide bonds. The molecule has 0 spiro atoms. The quantitative estimate of drug-likeness (QED) is 0.245. The van der Waals surface area contributed by atoms with Gasteiger partial charge in [-0.25, -0.2) is 0 Å². The van der Waals surface area contributed by atoms with Gasteiger partial charge in [-0.3, -0.25) is 4.79 Å². The number of rotatable bonds is 10. The van der Waals surface area contributed by atoms with Crippen LogP contribution in [0, 0.1) is 0 Å². The number of benzene rings is 3. The lowest BCUT2D eigenvalue weighted by atomic mass is 10.2. The van der Waals surface area contributed by atoms with Gasteiger partial charge in [0.25, 0.3) is 5.91 Å². The van der Waals surface area contributed by atoms with Gasteiger partial charge in [0, 0.05) is 22.8 Å². The number of carbonyl (C=O) groups excluding carboxylic acids is 1. The monoisotopic (exact) mass is 492 g/mol. The first-order valence-corrected chi connectivity index (χ1v) is 12.2. The summed E-state index contributed by atoms with van der Waals surface area (Å²) in [6, 6.07) is 24.5. The smallest absolute Gasteiger partial charge is 0.257 e. The van der Waals surface area contributed by atoms with Gasteiger partial charge in [0.1, 0.15) is 6.61 Å². The van der Waals surface area contributed by atoms with Crippen molar-refractivity contribution in [2.45, 2.75) is 20.1 Å². The van der Waals surface area contributed by atoms with Crippen molar-refractivity contribution >= 4 is 40.2 Å². The van der Waals surface area contributed by atoms with E-state index in [2.05, 4.69) is 10.6 Å². The molecule has 0 saturated heterocycles. The van der Waals surface area contributed by atoms with E-state index in [0.29, 0.717) is 36.0 Å². The molecule has 4 rings (SSSR count). The lowest BCUT2D eigenvalue weighted by Gasteiger charge is -2.14. The second kappa shape index (κ2) is 11.6. The van der Waals surface area contributed by atoms with Crippen LogP contribution >= 0.6 is 22.9 Å². The predicted molar refractivity (Wildman–Crippen MR) is 139 cm³/mol. The Morgan fingerprint density at radius 1 is 0.912 bits per heavy atom. The molecule has 0 unspecified atom stereocenters. The summed E-state index contributed by atoms with van der Waals surface area (Å²) in [5.41, 5.74) is 3.06. The summed E-state index contributed by atoms with van der Waals surface area (Å²) < 4.78 is 11.8. The number of anilines is 2. The summed E-state index contributed by atoms with van der Waals surface area (Å²) in [5, 5.41) is 8.75. The Labute approximate surface area is 208 Å². The highest BCUT2D eigenvalue weighted by molar-refractivity contribution is 7.09. The molecule has 0 atom stereocenters. The first-order valence-electron chi connectivity index (χ1n) is 10.9. The first-order chi connectivity index (χ1) is 16.6. The van der Waals surface area contributed by atoms with Crippen LogP contribution in [0.25, 0.3) is 0 Å². The van der Waals surface area contributed by atoms with Crippen molar-refractivity contribution in [3.63, 3.8) is 0 Å². The standard InChI is InChI=1S/C27H25ClN2O3S/c1-2-32-26-15-19(12-13-25(26)33-18-22-9-6-14-34-22)17-29-20-7-5-8-21(16-20)30-27(31)23-10-3-4-11-24(23)28/h3-16,29H,2,17-18H2,1H3,(H,30,31). The van der Waals surface area contributed by atoms with Crippen LogP contribution in [0.4, 0.5) is 11.4 Å². The molecule has 5 nitrogen and oxygen atoms in total. The molecular weight excluding hydrogens is 468 g/mol. The fourth-order valence-corrected chi connectivity index (χ4v) is 4.19. The van der Waals surface area contributed by atoms with Crippen molar-refractivity contribution in [3.05, 3.63) is 105 Å². The van der Waals surface area contributed by atoms with E-state index < -0.39 is 0 Å². The van der Waals surface area contributed by atoms with Crippen LogP contribution in [-0.4, -0.2) is 12.5 Å². The Morgan fingerprint density at radius 3 is 2.56 bits per heavy atom. The maximum Gasteiger partial charge on any atom is 0.257 e. The minimum atomic E-state index is -0.248. The Morgan fingerprint density at radius 2 is 1.76 bits per heavy atom. The molecule has 7 heteroatoms. The van der Waals surface area contributed by atoms with Crippen molar-refractivity contribution in [1.29, 1.82) is 0 Å². The Kier molecular flexibility index (Phi) is 8.07. The van der Waals surface area contributed by atoms with Gasteiger partial charge in [0.05, 0.1) is 17.2 Å². The molecule has 0 aliphatic rings. The van der Waals surface area contributed by atoms with E-state index >= 15 is 0 Å². The number of nitrogens with one attached hydrogen (secondary N) is 2. The number of ether oxygens (including phenoxy) is 2. The third-order valence-corrected chi connectivity index (χ3v) is 6.17. The summed E-state index contributed by atoms with van der Waals surface area (Å²) in [4.78, 5) is 13.7. The van der Waals surface area contributed by atoms with E-state index in [-0.39, 0.29) is 5.91 Å². The summed E-state index contributed by atoms with van der Waals surface area (Å²) in [6.45, 7) is 3.62. The molecule has 34 heavy (non-hydrogen) atoms. The fraction of sp³-hybridized carbons (Fsp3) is 0.148. The largest absolute Gasteiger partial charge is 0.490 e. The van der Waals surface area contributed by atoms with Crippen molar-refractivity contribution < 1.29 is 14.3 Å². The SMILES string of the molecule is CCOc1cc(CNc2cccc(NC(=O)c3ccccc3Cl)c2)ccc1OCc1cccs1. The lowest BCUT2D eigenvalue weighted by Crippen LogP contribution is -2.12. The van der Waals surface area contributed by atoms with Gasteiger partial charge in [0.2, 0.25) is 0 Å². The Bertz CT molecular complexity index is 1240. The molecule has 4 aromatic rings. The van der Waals surface area contributed by atoms with E-state index in [4.69, 9.17) is 21.1 Å². The number of halogens is 1. The van der Waals surface area contributed by atoms with Crippen molar-refractivity contribution in [2.24, 2.45) is 0 Å². The van der Waals surface area contributed by atoms with E-state index in [1.165, 1.54) is 0 Å². The van der Waals surface area contributed by atoms with E-state index in [0.717, 1.165) is 27.6 Å². The minimum Gasteiger partial charge on any atom is -0.490 e. The first kappa shape index (κ1) is 23.7. The lowest BCUT2D eigenvalue weighted by molar-refractivity contribution is 0.102. The average Bonchev–Trinajstić information content (AvgIpc) is 3.36. The molecule has 1 aromatic heterocycles. The summed E-state index contributed by atoms with van der Waals surface area (Å²) in [7, 11) is 0. The van der Waals surface area contributed by atoms with Crippen molar-refractivity contribution in [2.75, 3.05) is 17.2 Å². The topological polar surface area (TPSA) is 59.6 Å². The molecule has 3 aromatic carbocycles. The van der Waals surface area contributed by atoms with E-state index in [9.17, 15) is 4.79 Å². The second-order valence-corrected chi connectivity index (χ2v) is 8.89. The second-order valence-electron chi connectivity index (χ2n) is 7.45. The Balaban J connectivity index is 1.39. The Hall–Kier alpha value is -3.48. The van der Waals surface area contributed by atoms with Gasteiger partial charge in [-0.15, -0.1) is 11.3 Å². The zero-order chi connectivity index (χ0) is 23.8. The molecule has 0 aliphatic carbocycles. The predicted octanol–water partition coefficient (Wildman–Crippen LogP) is 7.24. The number of amides is 1. The van der Waals surface area contributed by atoms with Crippen LogP contribution in [0.15, 0.2) is 84.2 Å². The molecule has 0 aliphatic heterocycles. The minimum absolute atomic E-state index is 0.248. The molecule has 0 fully saturated rings. The fourth-order valence-electron chi connectivity index (χ4n) is 3.35. The highest BCUT2D eigenvalue weighted by Crippen LogP contribution is 2.30. The van der Waals surface area contributed by atoms with Gasteiger partial charge in [0.15, 0.2) is 11.5 Å². The van der Waals surface area contributed by atoms with Gasteiger partial charge in [-0.2, -0.15) is 0 Å². The van der Waals surface area contributed by atoms with Crippen LogP contribution in [0.2, 0.25) is 5.02 Å². The van der Waals surface area contributed by atoms with Crippen molar-refractivity contribution in [3.8, 4) is 11.5 Å². The average molecular weight is 493 g/mol. The van der Waals surface area contributed by atoms with Crippen molar-refractivity contribution in [1.82, 2.24) is 0 Å². The molecular formula is C27H25ClN2O3S. The summed E-state index contributed by atoms with van der Waals surface area (Å²) in [6.07, 6.45) is 0. The van der Waals surface area contributed by atoms with Crippen LogP contribution in [0.1, 0.15) is 27.7 Å².